The fraction of sp³-hybridized carbons (Fsp3) is 0.111. The van der Waals surface area contributed by atoms with Gasteiger partial charge >= 0.3 is 5.92 Å². The number of pyridine rings is 1. The Morgan fingerprint density at radius 3 is 2.57 bits per heavy atom. The van der Waals surface area contributed by atoms with Crippen LogP contribution in [-0.4, -0.2) is 25.1 Å². The number of hydrogen-bond acceptors (Lipinski definition) is 5. The van der Waals surface area contributed by atoms with Crippen LogP contribution in [0.4, 0.5) is 29.2 Å². The lowest BCUT2D eigenvalue weighted by Gasteiger charge is -2.17. The van der Waals surface area contributed by atoms with E-state index >= 15 is 0 Å². The lowest BCUT2D eigenvalue weighted by atomic mass is 10.1. The maximum atomic E-state index is 14.9. The first-order valence-corrected chi connectivity index (χ1v) is 8.10. The molecule has 4 aromatic rings. The molecule has 3 aromatic heterocycles. The van der Waals surface area contributed by atoms with Crippen molar-refractivity contribution in [2.24, 2.45) is 0 Å². The van der Waals surface area contributed by atoms with Gasteiger partial charge in [0.05, 0.1) is 11.9 Å². The zero-order valence-corrected chi connectivity index (χ0v) is 14.3. The number of benzene rings is 1. The van der Waals surface area contributed by atoms with Crippen molar-refractivity contribution in [1.29, 1.82) is 0 Å². The summed E-state index contributed by atoms with van der Waals surface area (Å²) in [6.07, 6.45) is 0.664. The van der Waals surface area contributed by atoms with Gasteiger partial charge in [0.2, 0.25) is 5.82 Å². The summed E-state index contributed by atoms with van der Waals surface area (Å²) in [6.45, 7) is 1.74. The van der Waals surface area contributed by atoms with Crippen molar-refractivity contribution in [1.82, 2.24) is 25.1 Å². The van der Waals surface area contributed by atoms with Crippen molar-refractivity contribution >= 4 is 22.5 Å². The van der Waals surface area contributed by atoms with Crippen molar-refractivity contribution in [3.05, 3.63) is 71.4 Å². The molecule has 0 aliphatic carbocycles. The lowest BCUT2D eigenvalue weighted by Crippen LogP contribution is -2.21. The Balaban J connectivity index is 1.89. The maximum absolute atomic E-state index is 14.9. The van der Waals surface area contributed by atoms with Gasteiger partial charge in [-0.3, -0.25) is 10.1 Å². The fourth-order valence-electron chi connectivity index (χ4n) is 2.64. The van der Waals surface area contributed by atoms with Crippen LogP contribution in [0.1, 0.15) is 17.2 Å². The second-order valence-electron chi connectivity index (χ2n) is 6.02. The number of hydrogen-bond donors (Lipinski definition) is 2. The quantitative estimate of drug-likeness (QED) is 0.512. The number of nitrogens with zero attached hydrogens (tertiary/aromatic N) is 4. The molecule has 0 aliphatic heterocycles. The Bertz CT molecular complexity index is 1160. The Morgan fingerprint density at radius 1 is 1.07 bits per heavy atom. The number of nitrogens with one attached hydrogen (secondary N) is 2. The Morgan fingerprint density at radius 2 is 1.89 bits per heavy atom. The molecular formula is C18H12F4N6. The summed E-state index contributed by atoms with van der Waals surface area (Å²) in [5.74, 6) is -5.94. The van der Waals surface area contributed by atoms with E-state index in [0.29, 0.717) is 17.7 Å². The van der Waals surface area contributed by atoms with Crippen molar-refractivity contribution in [3.8, 4) is 0 Å². The number of aromatic nitrogens is 5. The van der Waals surface area contributed by atoms with Crippen LogP contribution in [0.25, 0.3) is 10.9 Å². The molecule has 28 heavy (non-hydrogen) atoms. The van der Waals surface area contributed by atoms with E-state index in [1.54, 1.807) is 13.0 Å². The summed E-state index contributed by atoms with van der Waals surface area (Å²) in [5, 5.41) is 9.64. The summed E-state index contributed by atoms with van der Waals surface area (Å²) >= 11 is 0. The molecule has 142 valence electrons. The van der Waals surface area contributed by atoms with Gasteiger partial charge in [-0.25, -0.2) is 18.7 Å². The number of fused-ring (bicyclic) bond motifs is 1. The number of para-hydroxylation sites is 1. The summed E-state index contributed by atoms with van der Waals surface area (Å²) < 4.78 is 57.2. The van der Waals surface area contributed by atoms with Gasteiger partial charge in [0, 0.05) is 11.5 Å². The van der Waals surface area contributed by atoms with Gasteiger partial charge in [0.15, 0.2) is 0 Å². The highest BCUT2D eigenvalue weighted by molar-refractivity contribution is 5.91. The van der Waals surface area contributed by atoms with Gasteiger partial charge in [0.1, 0.15) is 34.5 Å². The van der Waals surface area contributed by atoms with Crippen LogP contribution in [0, 0.1) is 18.6 Å². The van der Waals surface area contributed by atoms with Gasteiger partial charge in [-0.15, -0.1) is 0 Å². The number of alkyl halides is 2. The van der Waals surface area contributed by atoms with Crippen molar-refractivity contribution < 1.29 is 17.6 Å². The van der Waals surface area contributed by atoms with E-state index in [4.69, 9.17) is 0 Å². The molecule has 0 amide bonds. The number of anilines is 2. The molecule has 0 saturated carbocycles. The number of aryl methyl sites for hydroxylation is 1. The smallest absolute Gasteiger partial charge is 0.325 e. The molecule has 0 atom stereocenters. The summed E-state index contributed by atoms with van der Waals surface area (Å²) in [7, 11) is 0. The minimum absolute atomic E-state index is 0.0371. The van der Waals surface area contributed by atoms with E-state index in [1.165, 1.54) is 12.1 Å². The largest absolute Gasteiger partial charge is 0.348 e. The third kappa shape index (κ3) is 3.13. The van der Waals surface area contributed by atoms with Crippen LogP contribution in [0.2, 0.25) is 0 Å². The highest BCUT2D eigenvalue weighted by Crippen LogP contribution is 2.35. The van der Waals surface area contributed by atoms with Crippen LogP contribution in [-0.2, 0) is 5.92 Å². The highest BCUT2D eigenvalue weighted by Gasteiger charge is 2.40. The number of H-pyrrole nitrogens is 1. The molecule has 0 radical (unpaired) electrons. The molecule has 4 rings (SSSR count). The normalized spacial score (nSPS) is 11.8. The third-order valence-corrected chi connectivity index (χ3v) is 3.97. The standard InChI is InChI=1S/C18H12F4N6/c1-9-7-14(28-27-9)24-16-11-3-2-4-12(20)15(11)25-17(26-16)18(21,22)13-6-5-10(19)8-23-13/h2-8H,1H3,(H2,24,25,26,27,28). The van der Waals surface area contributed by atoms with Gasteiger partial charge in [-0.05, 0) is 31.2 Å². The van der Waals surface area contributed by atoms with Crippen LogP contribution in [0.15, 0.2) is 42.6 Å². The summed E-state index contributed by atoms with van der Waals surface area (Å²) in [5.41, 5.74) is -0.381. The molecule has 1 aromatic carbocycles. The van der Waals surface area contributed by atoms with Crippen molar-refractivity contribution in [2.45, 2.75) is 12.8 Å². The highest BCUT2D eigenvalue weighted by atomic mass is 19.3. The van der Waals surface area contributed by atoms with E-state index in [0.717, 1.165) is 18.2 Å². The molecule has 0 saturated heterocycles. The third-order valence-electron chi connectivity index (χ3n) is 3.97. The van der Waals surface area contributed by atoms with E-state index < -0.39 is 29.1 Å². The first-order valence-electron chi connectivity index (χ1n) is 8.10. The summed E-state index contributed by atoms with van der Waals surface area (Å²) in [4.78, 5) is 11.0. The molecule has 2 N–H and O–H groups in total. The minimum atomic E-state index is -3.77. The second kappa shape index (κ2) is 6.55. The number of rotatable bonds is 4. The average Bonchev–Trinajstić information content (AvgIpc) is 3.07. The minimum Gasteiger partial charge on any atom is -0.325 e. The van der Waals surface area contributed by atoms with Crippen LogP contribution in [0.3, 0.4) is 0 Å². The zero-order valence-electron chi connectivity index (χ0n) is 14.3. The molecule has 0 unspecified atom stereocenters. The lowest BCUT2D eigenvalue weighted by molar-refractivity contribution is 0.0285. The zero-order chi connectivity index (χ0) is 19.9. The van der Waals surface area contributed by atoms with Gasteiger partial charge in [-0.2, -0.15) is 13.9 Å². The predicted molar refractivity (Wildman–Crippen MR) is 93.3 cm³/mol. The van der Waals surface area contributed by atoms with Crippen molar-refractivity contribution in [2.75, 3.05) is 5.32 Å². The Hall–Kier alpha value is -3.56. The monoisotopic (exact) mass is 388 g/mol. The first-order chi connectivity index (χ1) is 13.3. The molecule has 0 spiro atoms. The van der Waals surface area contributed by atoms with Crippen LogP contribution in [0.5, 0.6) is 0 Å². The molecule has 0 fully saturated rings. The van der Waals surface area contributed by atoms with Crippen LogP contribution >= 0.6 is 0 Å². The predicted octanol–water partition coefficient (Wildman–Crippen LogP) is 4.22. The number of halogens is 4. The van der Waals surface area contributed by atoms with Crippen molar-refractivity contribution in [3.63, 3.8) is 0 Å². The van der Waals surface area contributed by atoms with Crippen LogP contribution < -0.4 is 5.32 Å². The summed E-state index contributed by atoms with van der Waals surface area (Å²) in [6, 6.07) is 7.34. The molecular weight excluding hydrogens is 376 g/mol. The first kappa shape index (κ1) is 17.8. The SMILES string of the molecule is Cc1cc(Nc2nc(C(F)(F)c3ccc(F)cn3)nc3c(F)cccc23)[nH]n1. The van der Waals surface area contributed by atoms with E-state index in [9.17, 15) is 17.6 Å². The van der Waals surface area contributed by atoms with Gasteiger partial charge in [-0.1, -0.05) is 6.07 Å². The molecule has 0 aliphatic rings. The molecule has 6 nitrogen and oxygen atoms in total. The molecule has 0 bridgehead atoms. The number of aromatic amines is 1. The maximum Gasteiger partial charge on any atom is 0.348 e. The topological polar surface area (TPSA) is 79.4 Å². The van der Waals surface area contributed by atoms with E-state index in [-0.39, 0.29) is 16.7 Å². The van der Waals surface area contributed by atoms with E-state index in [2.05, 4.69) is 30.5 Å². The fourth-order valence-corrected chi connectivity index (χ4v) is 2.64. The van der Waals surface area contributed by atoms with Gasteiger partial charge in [0.25, 0.3) is 0 Å². The second-order valence-corrected chi connectivity index (χ2v) is 6.02. The van der Waals surface area contributed by atoms with Gasteiger partial charge < -0.3 is 5.32 Å². The average molecular weight is 388 g/mol. The Kier molecular flexibility index (Phi) is 4.17. The molecule has 3 heterocycles. The Labute approximate surface area is 155 Å². The van der Waals surface area contributed by atoms with E-state index in [1.807, 2.05) is 0 Å². The molecule has 10 heteroatoms.